The number of carbonyl (C=O) groups is 1. The lowest BCUT2D eigenvalue weighted by atomic mass is 9.89. The highest BCUT2D eigenvalue weighted by Crippen LogP contribution is 2.22. The monoisotopic (exact) mass is 237 g/mol. The van der Waals surface area contributed by atoms with Crippen molar-refractivity contribution in [3.8, 4) is 0 Å². The quantitative estimate of drug-likeness (QED) is 0.806. The van der Waals surface area contributed by atoms with Crippen LogP contribution < -0.4 is 5.73 Å². The number of rotatable bonds is 2. The average Bonchev–Trinajstić information content (AvgIpc) is 2.68. The molecule has 2 heterocycles. The van der Waals surface area contributed by atoms with Gasteiger partial charge < -0.3 is 10.6 Å². The molecule has 2 unspecified atom stereocenters. The van der Waals surface area contributed by atoms with Gasteiger partial charge in [-0.1, -0.05) is 13.8 Å². The summed E-state index contributed by atoms with van der Waals surface area (Å²) < 4.78 is 1.49. The smallest absolute Gasteiger partial charge is 0.244 e. The van der Waals surface area contributed by atoms with Crippen LogP contribution in [0.2, 0.25) is 0 Å². The molecule has 6 heteroatoms. The number of nitrogen functional groups attached to an aromatic ring is 1. The van der Waals surface area contributed by atoms with E-state index in [1.54, 1.807) is 0 Å². The normalized spacial score (nSPS) is 24.9. The molecule has 0 spiro atoms. The van der Waals surface area contributed by atoms with E-state index in [0.29, 0.717) is 11.8 Å². The third kappa shape index (κ3) is 2.75. The number of piperidine rings is 1. The molecule has 2 rings (SSSR count). The van der Waals surface area contributed by atoms with Crippen molar-refractivity contribution in [2.75, 3.05) is 18.8 Å². The Labute approximate surface area is 101 Å². The summed E-state index contributed by atoms with van der Waals surface area (Å²) in [5, 5.41) is 3.92. The van der Waals surface area contributed by atoms with Crippen molar-refractivity contribution in [1.29, 1.82) is 0 Å². The molecule has 94 valence electrons. The summed E-state index contributed by atoms with van der Waals surface area (Å²) in [5.41, 5.74) is 5.41. The molecule has 1 aromatic heterocycles. The van der Waals surface area contributed by atoms with E-state index in [1.165, 1.54) is 11.0 Å². The van der Waals surface area contributed by atoms with Crippen molar-refractivity contribution in [1.82, 2.24) is 19.7 Å². The number of hydrogen-bond acceptors (Lipinski definition) is 4. The Morgan fingerprint density at radius 2 is 2.29 bits per heavy atom. The van der Waals surface area contributed by atoms with Crippen LogP contribution in [0.4, 0.5) is 5.95 Å². The zero-order chi connectivity index (χ0) is 12.4. The minimum Gasteiger partial charge on any atom is -0.367 e. The molecule has 1 fully saturated rings. The van der Waals surface area contributed by atoms with Gasteiger partial charge in [0.25, 0.3) is 0 Å². The number of carbonyl (C=O) groups excluding carboxylic acids is 1. The number of likely N-dealkylation sites (tertiary alicyclic amines) is 1. The standard InChI is InChI=1S/C11H19N5O/c1-8-3-4-15(5-9(8)2)10(17)6-16-7-13-11(12)14-16/h7-9H,3-6H2,1-2H3,(H2,12,14). The summed E-state index contributed by atoms with van der Waals surface area (Å²) in [4.78, 5) is 17.7. The Kier molecular flexibility index (Phi) is 3.31. The minimum absolute atomic E-state index is 0.0913. The highest BCUT2D eigenvalue weighted by atomic mass is 16.2. The van der Waals surface area contributed by atoms with Crippen molar-refractivity contribution < 1.29 is 4.79 Å². The Hall–Kier alpha value is -1.59. The second-order valence-corrected chi connectivity index (χ2v) is 4.88. The lowest BCUT2D eigenvalue weighted by Crippen LogP contribution is -2.43. The van der Waals surface area contributed by atoms with Crippen LogP contribution in [0, 0.1) is 11.8 Å². The van der Waals surface area contributed by atoms with Gasteiger partial charge in [0.15, 0.2) is 0 Å². The first-order valence-corrected chi connectivity index (χ1v) is 5.99. The third-order valence-corrected chi connectivity index (χ3v) is 3.54. The maximum absolute atomic E-state index is 12.0. The van der Waals surface area contributed by atoms with Gasteiger partial charge in [-0.25, -0.2) is 9.67 Å². The Bertz CT molecular complexity index is 402. The first-order valence-electron chi connectivity index (χ1n) is 5.99. The maximum Gasteiger partial charge on any atom is 0.244 e. The van der Waals surface area contributed by atoms with E-state index in [1.807, 2.05) is 4.90 Å². The first kappa shape index (κ1) is 11.9. The Balaban J connectivity index is 1.92. The SMILES string of the molecule is CC1CCN(C(=O)Cn2cnc(N)n2)CC1C. The van der Waals surface area contributed by atoms with Crippen LogP contribution in [0.25, 0.3) is 0 Å². The molecule has 6 nitrogen and oxygen atoms in total. The van der Waals surface area contributed by atoms with E-state index in [2.05, 4.69) is 23.9 Å². The number of nitrogens with two attached hydrogens (primary N) is 1. The largest absolute Gasteiger partial charge is 0.367 e. The van der Waals surface area contributed by atoms with E-state index in [0.717, 1.165) is 19.5 Å². The van der Waals surface area contributed by atoms with Crippen LogP contribution in [0.1, 0.15) is 20.3 Å². The highest BCUT2D eigenvalue weighted by Gasteiger charge is 2.25. The molecular weight excluding hydrogens is 218 g/mol. The van der Waals surface area contributed by atoms with Crippen LogP contribution >= 0.6 is 0 Å². The number of hydrogen-bond donors (Lipinski definition) is 1. The summed E-state index contributed by atoms with van der Waals surface area (Å²) in [7, 11) is 0. The predicted molar refractivity (Wildman–Crippen MR) is 64.0 cm³/mol. The van der Waals surface area contributed by atoms with Gasteiger partial charge in [0.05, 0.1) is 0 Å². The van der Waals surface area contributed by atoms with Gasteiger partial charge in [-0.15, -0.1) is 5.10 Å². The van der Waals surface area contributed by atoms with Crippen molar-refractivity contribution in [3.05, 3.63) is 6.33 Å². The predicted octanol–water partition coefficient (Wildman–Crippen LogP) is 0.365. The molecular formula is C11H19N5O. The number of nitrogens with zero attached hydrogens (tertiary/aromatic N) is 4. The van der Waals surface area contributed by atoms with Crippen molar-refractivity contribution in [2.24, 2.45) is 11.8 Å². The average molecular weight is 237 g/mol. The molecule has 0 bridgehead atoms. The fraction of sp³-hybridized carbons (Fsp3) is 0.727. The third-order valence-electron chi connectivity index (χ3n) is 3.54. The summed E-state index contributed by atoms with van der Waals surface area (Å²) >= 11 is 0. The molecule has 2 N–H and O–H groups in total. The zero-order valence-corrected chi connectivity index (χ0v) is 10.3. The first-order chi connectivity index (χ1) is 8.06. The van der Waals surface area contributed by atoms with E-state index in [4.69, 9.17) is 5.73 Å². The zero-order valence-electron chi connectivity index (χ0n) is 10.3. The van der Waals surface area contributed by atoms with E-state index in [9.17, 15) is 4.79 Å². The second kappa shape index (κ2) is 4.73. The second-order valence-electron chi connectivity index (χ2n) is 4.88. The van der Waals surface area contributed by atoms with Gasteiger partial charge in [-0.2, -0.15) is 0 Å². The van der Waals surface area contributed by atoms with Crippen LogP contribution in [0.15, 0.2) is 6.33 Å². The molecule has 0 aliphatic carbocycles. The molecule has 0 radical (unpaired) electrons. The van der Waals surface area contributed by atoms with Crippen LogP contribution in [0.5, 0.6) is 0 Å². The number of aromatic nitrogens is 3. The van der Waals surface area contributed by atoms with E-state index < -0.39 is 0 Å². The summed E-state index contributed by atoms with van der Waals surface area (Å²) in [6, 6.07) is 0. The van der Waals surface area contributed by atoms with E-state index >= 15 is 0 Å². The number of amides is 1. The Morgan fingerprint density at radius 1 is 1.53 bits per heavy atom. The van der Waals surface area contributed by atoms with Gasteiger partial charge >= 0.3 is 0 Å². The topological polar surface area (TPSA) is 77.0 Å². The molecule has 17 heavy (non-hydrogen) atoms. The van der Waals surface area contributed by atoms with E-state index in [-0.39, 0.29) is 18.4 Å². The van der Waals surface area contributed by atoms with Gasteiger partial charge in [0.1, 0.15) is 12.9 Å². The molecule has 0 aromatic carbocycles. The van der Waals surface area contributed by atoms with Crippen LogP contribution in [-0.2, 0) is 11.3 Å². The molecule has 1 aliphatic rings. The van der Waals surface area contributed by atoms with Gasteiger partial charge in [-0.05, 0) is 18.3 Å². The van der Waals surface area contributed by atoms with Gasteiger partial charge in [0.2, 0.25) is 11.9 Å². The molecule has 0 saturated carbocycles. The van der Waals surface area contributed by atoms with Crippen molar-refractivity contribution >= 4 is 11.9 Å². The van der Waals surface area contributed by atoms with Gasteiger partial charge in [-0.3, -0.25) is 4.79 Å². The lowest BCUT2D eigenvalue weighted by Gasteiger charge is -2.35. The van der Waals surface area contributed by atoms with Crippen molar-refractivity contribution in [2.45, 2.75) is 26.8 Å². The number of anilines is 1. The fourth-order valence-electron chi connectivity index (χ4n) is 2.11. The highest BCUT2D eigenvalue weighted by molar-refractivity contribution is 5.76. The lowest BCUT2D eigenvalue weighted by molar-refractivity contribution is -0.134. The fourth-order valence-corrected chi connectivity index (χ4v) is 2.11. The minimum atomic E-state index is 0.0913. The van der Waals surface area contributed by atoms with Gasteiger partial charge in [0, 0.05) is 13.1 Å². The summed E-state index contributed by atoms with van der Waals surface area (Å²) in [6.07, 6.45) is 2.57. The van der Waals surface area contributed by atoms with Crippen LogP contribution in [0.3, 0.4) is 0 Å². The molecule has 1 aromatic rings. The summed E-state index contributed by atoms with van der Waals surface area (Å²) in [6.45, 7) is 6.34. The maximum atomic E-state index is 12.0. The molecule has 1 aliphatic heterocycles. The van der Waals surface area contributed by atoms with Crippen LogP contribution in [-0.4, -0.2) is 38.7 Å². The molecule has 1 amide bonds. The van der Waals surface area contributed by atoms with Crippen molar-refractivity contribution in [3.63, 3.8) is 0 Å². The molecule has 1 saturated heterocycles. The molecule has 2 atom stereocenters. The Morgan fingerprint density at radius 3 is 2.88 bits per heavy atom. The summed E-state index contributed by atoms with van der Waals surface area (Å²) in [5.74, 6) is 1.56.